The van der Waals surface area contributed by atoms with Crippen LogP contribution >= 0.6 is 0 Å². The van der Waals surface area contributed by atoms with E-state index in [1.165, 1.54) is 31.0 Å². The van der Waals surface area contributed by atoms with Crippen LogP contribution in [0.5, 0.6) is 0 Å². The molecule has 0 saturated carbocycles. The first-order chi connectivity index (χ1) is 14.4. The number of rotatable bonds is 0. The number of benzene rings is 4. The number of para-hydroxylation sites is 3. The third-order valence-electron chi connectivity index (χ3n) is 5.82. The summed E-state index contributed by atoms with van der Waals surface area (Å²) < 4.78 is 2.61. The van der Waals surface area contributed by atoms with Gasteiger partial charge in [-0.3, -0.25) is 0 Å². The maximum atomic E-state index is 5.15. The first-order valence-electron chi connectivity index (χ1n) is 9.69. The van der Waals surface area contributed by atoms with E-state index >= 15 is 0 Å². The van der Waals surface area contributed by atoms with Crippen molar-refractivity contribution in [1.29, 1.82) is 0 Å². The predicted octanol–water partition coefficient (Wildman–Crippen LogP) is 2.86. The van der Waals surface area contributed by atoms with Gasteiger partial charge in [-0.2, -0.15) is 0 Å². The van der Waals surface area contributed by atoms with Crippen molar-refractivity contribution in [3.05, 3.63) is 81.9 Å². The molecule has 1 aliphatic rings. The Bertz CT molecular complexity index is 1610. The van der Waals surface area contributed by atoms with Crippen LogP contribution in [0.15, 0.2) is 72.8 Å². The Morgan fingerprint density at radius 3 is 2.48 bits per heavy atom. The number of fused-ring (bicyclic) bond motifs is 11. The second kappa shape index (κ2) is 5.76. The van der Waals surface area contributed by atoms with Gasteiger partial charge in [0, 0.05) is 0 Å². The van der Waals surface area contributed by atoms with Crippen molar-refractivity contribution in [2.45, 2.75) is 4.43 Å². The molecule has 2 aromatic heterocycles. The summed E-state index contributed by atoms with van der Waals surface area (Å²) in [6, 6.07) is 25.6. The van der Waals surface area contributed by atoms with Gasteiger partial charge in [-0.05, 0) is 0 Å². The van der Waals surface area contributed by atoms with E-state index in [1.807, 2.05) is 6.07 Å². The van der Waals surface area contributed by atoms with E-state index < -0.39 is 0 Å². The van der Waals surface area contributed by atoms with Gasteiger partial charge in [0.15, 0.2) is 0 Å². The van der Waals surface area contributed by atoms with Crippen LogP contribution in [0.3, 0.4) is 0 Å². The molecule has 4 heteroatoms. The zero-order valence-electron chi connectivity index (χ0n) is 15.4. The molecular formula is C25H15IN3-. The second-order valence-corrected chi connectivity index (χ2v) is 10.0. The Kier molecular flexibility index (Phi) is 3.16. The van der Waals surface area contributed by atoms with Gasteiger partial charge < -0.3 is 0 Å². The Morgan fingerprint density at radius 2 is 1.52 bits per heavy atom. The summed E-state index contributed by atoms with van der Waals surface area (Å²) in [5, 5.41) is 2.41. The summed E-state index contributed by atoms with van der Waals surface area (Å²) in [6.07, 6.45) is 0. The van der Waals surface area contributed by atoms with E-state index in [1.54, 1.807) is 0 Å². The summed E-state index contributed by atoms with van der Waals surface area (Å²) in [4.78, 5) is 14.0. The van der Waals surface area contributed by atoms with Gasteiger partial charge in [-0.15, -0.1) is 0 Å². The number of hydrogen-bond acceptors (Lipinski definition) is 2. The number of nitrogens with zero attached hydrogens (tertiary/aromatic N) is 2. The molecule has 7 rings (SSSR count). The fraction of sp³-hybridized carbons (Fsp3) is 0.0400. The van der Waals surface area contributed by atoms with Crippen LogP contribution in [0.25, 0.3) is 55.0 Å². The molecule has 0 bridgehead atoms. The molecule has 3 nitrogen and oxygen atoms in total. The summed E-state index contributed by atoms with van der Waals surface area (Å²) in [6.45, 7) is 0. The van der Waals surface area contributed by atoms with E-state index in [0.717, 1.165) is 37.5 Å². The van der Waals surface area contributed by atoms with Gasteiger partial charge in [-0.1, -0.05) is 0 Å². The molecule has 0 radical (unpaired) electrons. The molecule has 0 spiro atoms. The van der Waals surface area contributed by atoms with Crippen LogP contribution in [-0.2, 0) is 4.43 Å². The molecule has 0 saturated heterocycles. The zero-order chi connectivity index (χ0) is 18.9. The molecule has 1 aliphatic heterocycles. The van der Waals surface area contributed by atoms with Crippen LogP contribution in [0.4, 0.5) is 0 Å². The van der Waals surface area contributed by atoms with Gasteiger partial charge >= 0.3 is 178 Å². The van der Waals surface area contributed by atoms with Gasteiger partial charge in [0.2, 0.25) is 0 Å². The first-order valence-corrected chi connectivity index (χ1v) is 12.3. The van der Waals surface area contributed by atoms with Crippen LogP contribution in [0.1, 0.15) is 5.56 Å². The van der Waals surface area contributed by atoms with Crippen molar-refractivity contribution in [2.75, 3.05) is 0 Å². The van der Waals surface area contributed by atoms with Gasteiger partial charge in [0.1, 0.15) is 0 Å². The van der Waals surface area contributed by atoms with Gasteiger partial charge in [0.25, 0.3) is 0 Å². The SMILES string of the molecule is c1ccc2c(c1)C[I-]c1c-2c2[nH]c3ccccc3nc2c2c1nc1ccccc12. The molecule has 0 atom stereocenters. The Morgan fingerprint density at radius 1 is 0.759 bits per heavy atom. The third-order valence-corrected chi connectivity index (χ3v) is 8.84. The Hall–Kier alpha value is -2.99. The molecule has 0 fully saturated rings. The fourth-order valence-corrected chi connectivity index (χ4v) is 7.68. The third kappa shape index (κ3) is 2.12. The Labute approximate surface area is 177 Å². The van der Waals surface area contributed by atoms with Crippen molar-refractivity contribution in [2.24, 2.45) is 0 Å². The molecule has 0 unspecified atom stereocenters. The average molecular weight is 484 g/mol. The Balaban J connectivity index is 1.80. The van der Waals surface area contributed by atoms with E-state index in [0.29, 0.717) is 0 Å². The summed E-state index contributed by atoms with van der Waals surface area (Å²) in [5.41, 5.74) is 10.6. The van der Waals surface area contributed by atoms with Crippen molar-refractivity contribution in [3.8, 4) is 11.1 Å². The topological polar surface area (TPSA) is 41.6 Å². The minimum atomic E-state index is -0.163. The minimum absolute atomic E-state index is 0.163. The van der Waals surface area contributed by atoms with Gasteiger partial charge in [-0.25, -0.2) is 0 Å². The van der Waals surface area contributed by atoms with E-state index in [-0.39, 0.29) is 21.2 Å². The summed E-state index contributed by atoms with van der Waals surface area (Å²) in [5.74, 6) is 0. The van der Waals surface area contributed by atoms with Crippen molar-refractivity contribution in [1.82, 2.24) is 15.0 Å². The second-order valence-electron chi connectivity index (χ2n) is 7.44. The number of aromatic amines is 1. The molecule has 6 aromatic rings. The van der Waals surface area contributed by atoms with E-state index in [4.69, 9.17) is 9.97 Å². The quantitative estimate of drug-likeness (QED) is 0.205. The molecule has 29 heavy (non-hydrogen) atoms. The van der Waals surface area contributed by atoms with Crippen molar-refractivity contribution >= 4 is 43.9 Å². The molecular weight excluding hydrogens is 469 g/mol. The molecule has 4 aromatic carbocycles. The zero-order valence-corrected chi connectivity index (χ0v) is 17.6. The van der Waals surface area contributed by atoms with E-state index in [2.05, 4.69) is 71.7 Å². The van der Waals surface area contributed by atoms with Crippen LogP contribution in [-0.4, -0.2) is 15.0 Å². The van der Waals surface area contributed by atoms with Gasteiger partial charge in [0.05, 0.1) is 0 Å². The molecule has 0 aliphatic carbocycles. The molecule has 3 heterocycles. The number of aromatic nitrogens is 3. The van der Waals surface area contributed by atoms with Crippen LogP contribution < -0.4 is 21.2 Å². The summed E-state index contributed by atoms with van der Waals surface area (Å²) in [7, 11) is 0. The number of alkyl halides is 1. The number of halogens is 1. The normalized spacial score (nSPS) is 13.5. The number of nitrogens with one attached hydrogen (secondary N) is 1. The molecule has 138 valence electrons. The van der Waals surface area contributed by atoms with Crippen LogP contribution in [0.2, 0.25) is 0 Å². The average Bonchev–Trinajstić information content (AvgIpc) is 3.17. The standard InChI is InChI=1S/C25H15IN3/c1-2-8-15-14(7-1)13-26-22-20(15)24-25(29-19-12-6-5-11-18(19)28-24)21-16-9-3-4-10-17(16)27-23(21)22/h1-12,28H,13H2/q-1. The number of hydrogen-bond donors (Lipinski definition) is 1. The molecule has 1 N–H and O–H groups in total. The fourth-order valence-electron chi connectivity index (χ4n) is 4.52. The maximum absolute atomic E-state index is 5.15. The number of H-pyrrole nitrogens is 1. The summed E-state index contributed by atoms with van der Waals surface area (Å²) >= 11 is -0.163. The van der Waals surface area contributed by atoms with Crippen molar-refractivity contribution in [3.63, 3.8) is 0 Å². The monoisotopic (exact) mass is 484 g/mol. The first kappa shape index (κ1) is 15.9. The predicted molar refractivity (Wildman–Crippen MR) is 114 cm³/mol. The molecule has 0 amide bonds. The van der Waals surface area contributed by atoms with Crippen LogP contribution in [0, 0.1) is 3.57 Å². The van der Waals surface area contributed by atoms with E-state index in [9.17, 15) is 0 Å². The van der Waals surface area contributed by atoms with Crippen molar-refractivity contribution < 1.29 is 21.2 Å².